The van der Waals surface area contributed by atoms with E-state index in [-0.39, 0.29) is 0 Å². The van der Waals surface area contributed by atoms with Crippen molar-refractivity contribution in [3.05, 3.63) is 17.8 Å². The number of aryl methyl sites for hydroxylation is 1. The fourth-order valence-corrected chi connectivity index (χ4v) is 0.415. The lowest BCUT2D eigenvalue weighted by Gasteiger charge is -1.67. The van der Waals surface area contributed by atoms with Crippen molar-refractivity contribution < 1.29 is 4.42 Å². The van der Waals surface area contributed by atoms with Crippen LogP contribution in [0.15, 0.2) is 10.7 Å². The zero-order valence-corrected chi connectivity index (χ0v) is 8.38. The lowest BCUT2D eigenvalue weighted by Crippen LogP contribution is -1.70. The van der Waals surface area contributed by atoms with E-state index in [0.29, 0.717) is 11.6 Å². The summed E-state index contributed by atoms with van der Waals surface area (Å²) in [7, 11) is 0. The van der Waals surface area contributed by atoms with Gasteiger partial charge in [0.05, 0.1) is 0 Å². The Labute approximate surface area is 74.0 Å². The quantitative estimate of drug-likeness (QED) is 0.598. The summed E-state index contributed by atoms with van der Waals surface area (Å²) in [5, 5.41) is 8.18. The monoisotopic (exact) mass is 168 g/mol. The number of hydrogen-bond donors (Lipinski definition) is 0. The van der Waals surface area contributed by atoms with Crippen molar-refractivity contribution in [1.29, 1.82) is 5.26 Å². The zero-order chi connectivity index (χ0) is 9.98. The van der Waals surface area contributed by atoms with Crippen LogP contribution in [0.5, 0.6) is 0 Å². The van der Waals surface area contributed by atoms with Gasteiger partial charge in [-0.2, -0.15) is 5.26 Å². The van der Waals surface area contributed by atoms with Gasteiger partial charge in [0.15, 0.2) is 11.6 Å². The number of rotatable bonds is 0. The molecule has 12 heavy (non-hydrogen) atoms. The Morgan fingerprint density at radius 3 is 2.00 bits per heavy atom. The molecule has 0 bridgehead atoms. The number of aromatic nitrogens is 1. The molecule has 0 saturated heterocycles. The molecule has 0 aromatic carbocycles. The molecular formula is C9H16N2O. The van der Waals surface area contributed by atoms with Crippen LogP contribution in [-0.4, -0.2) is 4.98 Å². The third kappa shape index (κ3) is 5.48. The minimum absolute atomic E-state index is 0.336. The highest BCUT2D eigenvalue weighted by atomic mass is 16.3. The first-order valence-corrected chi connectivity index (χ1v) is 4.15. The Hall–Kier alpha value is -1.30. The summed E-state index contributed by atoms with van der Waals surface area (Å²) < 4.78 is 4.72. The molecular weight excluding hydrogens is 152 g/mol. The number of nitriles is 1. The summed E-state index contributed by atoms with van der Waals surface area (Å²) >= 11 is 0. The predicted molar refractivity (Wildman–Crippen MR) is 48.7 cm³/mol. The van der Waals surface area contributed by atoms with E-state index >= 15 is 0 Å². The lowest BCUT2D eigenvalue weighted by molar-refractivity contribution is 0.521. The van der Waals surface area contributed by atoms with Crippen LogP contribution >= 0.6 is 0 Å². The third-order valence-corrected chi connectivity index (χ3v) is 0.734. The smallest absolute Gasteiger partial charge is 0.192 e. The maximum Gasteiger partial charge on any atom is 0.192 e. The van der Waals surface area contributed by atoms with Crippen LogP contribution in [0.4, 0.5) is 0 Å². The number of oxazole rings is 1. The summed E-state index contributed by atoms with van der Waals surface area (Å²) in [5.41, 5.74) is 0.336. The molecule has 0 aliphatic rings. The maximum absolute atomic E-state index is 8.18. The first-order valence-electron chi connectivity index (χ1n) is 4.15. The van der Waals surface area contributed by atoms with Gasteiger partial charge in [-0.15, -0.1) is 0 Å². The van der Waals surface area contributed by atoms with Crippen molar-refractivity contribution in [3.63, 3.8) is 0 Å². The number of hydrogen-bond acceptors (Lipinski definition) is 3. The van der Waals surface area contributed by atoms with Gasteiger partial charge >= 0.3 is 0 Å². The van der Waals surface area contributed by atoms with Crippen LogP contribution in [0.1, 0.15) is 39.3 Å². The highest BCUT2D eigenvalue weighted by Crippen LogP contribution is 1.96. The van der Waals surface area contributed by atoms with E-state index in [9.17, 15) is 0 Å². The normalized spacial score (nSPS) is 6.67. The van der Waals surface area contributed by atoms with Gasteiger partial charge in [-0.05, 0) is 0 Å². The van der Waals surface area contributed by atoms with E-state index in [1.807, 2.05) is 33.8 Å². The molecule has 0 unspecified atom stereocenters. The Balaban J connectivity index is 0. The minimum Gasteiger partial charge on any atom is -0.448 e. The Morgan fingerprint density at radius 1 is 1.33 bits per heavy atom. The van der Waals surface area contributed by atoms with Gasteiger partial charge in [-0.25, -0.2) is 4.98 Å². The van der Waals surface area contributed by atoms with Gasteiger partial charge in [-0.1, -0.05) is 27.7 Å². The largest absolute Gasteiger partial charge is 0.448 e. The Kier molecular flexibility index (Phi) is 10.8. The number of nitrogens with zero attached hydrogens (tertiary/aromatic N) is 2. The van der Waals surface area contributed by atoms with Crippen LogP contribution in [0.2, 0.25) is 0 Å². The molecule has 1 rings (SSSR count). The molecule has 68 valence electrons. The molecule has 0 aliphatic carbocycles. The first-order chi connectivity index (χ1) is 5.83. The second-order valence-electron chi connectivity index (χ2n) is 1.36. The minimum atomic E-state index is 0.336. The van der Waals surface area contributed by atoms with Crippen molar-refractivity contribution in [2.75, 3.05) is 0 Å². The van der Waals surface area contributed by atoms with E-state index in [0.717, 1.165) is 0 Å². The van der Waals surface area contributed by atoms with Gasteiger partial charge in [0.25, 0.3) is 0 Å². The van der Waals surface area contributed by atoms with Crippen molar-refractivity contribution in [2.24, 2.45) is 0 Å². The van der Waals surface area contributed by atoms with E-state index in [1.54, 1.807) is 6.92 Å². The van der Waals surface area contributed by atoms with E-state index in [4.69, 9.17) is 9.68 Å². The van der Waals surface area contributed by atoms with Crippen LogP contribution in [-0.2, 0) is 0 Å². The maximum atomic E-state index is 8.18. The average molecular weight is 168 g/mol. The molecule has 0 radical (unpaired) electrons. The summed E-state index contributed by atoms with van der Waals surface area (Å²) in [5.74, 6) is 0.529. The zero-order valence-electron chi connectivity index (χ0n) is 8.38. The van der Waals surface area contributed by atoms with Crippen molar-refractivity contribution in [1.82, 2.24) is 4.98 Å². The molecule has 3 heteroatoms. The molecule has 0 N–H and O–H groups in total. The Morgan fingerprint density at radius 2 is 1.83 bits per heavy atom. The average Bonchev–Trinajstić information content (AvgIpc) is 2.58. The van der Waals surface area contributed by atoms with Crippen LogP contribution < -0.4 is 0 Å². The van der Waals surface area contributed by atoms with Crippen molar-refractivity contribution in [3.8, 4) is 6.07 Å². The van der Waals surface area contributed by atoms with Crippen molar-refractivity contribution >= 4 is 0 Å². The lowest BCUT2D eigenvalue weighted by atomic mass is 10.6. The summed E-state index contributed by atoms with van der Waals surface area (Å²) in [6, 6.07) is 1.84. The van der Waals surface area contributed by atoms with E-state index in [2.05, 4.69) is 4.98 Å². The van der Waals surface area contributed by atoms with Crippen LogP contribution in [0.3, 0.4) is 0 Å². The van der Waals surface area contributed by atoms with Crippen molar-refractivity contribution in [2.45, 2.75) is 34.6 Å². The highest BCUT2D eigenvalue weighted by molar-refractivity contribution is 5.14. The molecule has 0 spiro atoms. The fourth-order valence-electron chi connectivity index (χ4n) is 0.415. The molecule has 1 aromatic rings. The van der Waals surface area contributed by atoms with Crippen LogP contribution in [0.25, 0.3) is 0 Å². The van der Waals surface area contributed by atoms with Gasteiger partial charge in [0.2, 0.25) is 0 Å². The molecule has 3 nitrogen and oxygen atoms in total. The van der Waals surface area contributed by atoms with Crippen LogP contribution in [0, 0.1) is 18.3 Å². The van der Waals surface area contributed by atoms with E-state index in [1.165, 1.54) is 6.26 Å². The second-order valence-corrected chi connectivity index (χ2v) is 1.36. The highest BCUT2D eigenvalue weighted by Gasteiger charge is 1.93. The van der Waals surface area contributed by atoms with Gasteiger partial charge in [0, 0.05) is 6.92 Å². The molecule has 0 aliphatic heterocycles. The molecule has 0 amide bonds. The second kappa shape index (κ2) is 9.70. The molecule has 0 fully saturated rings. The van der Waals surface area contributed by atoms with Gasteiger partial charge in [0.1, 0.15) is 12.3 Å². The molecule has 1 aromatic heterocycles. The standard InChI is InChI=1S/C5H4N2O.2C2H6/c1-4-7-5(2-6)3-8-4;2*1-2/h3H,1H3;2*1-2H3. The summed E-state index contributed by atoms with van der Waals surface area (Å²) in [6.45, 7) is 9.70. The first kappa shape index (κ1) is 13.3. The topological polar surface area (TPSA) is 49.8 Å². The molecule has 0 atom stereocenters. The van der Waals surface area contributed by atoms with Gasteiger partial charge in [-0.3, -0.25) is 0 Å². The third-order valence-electron chi connectivity index (χ3n) is 0.734. The summed E-state index contributed by atoms with van der Waals surface area (Å²) in [4.78, 5) is 3.70. The van der Waals surface area contributed by atoms with E-state index < -0.39 is 0 Å². The molecule has 1 heterocycles. The van der Waals surface area contributed by atoms with Gasteiger partial charge < -0.3 is 4.42 Å². The Bertz CT molecular complexity index is 223. The fraction of sp³-hybridized carbons (Fsp3) is 0.556. The summed E-state index contributed by atoms with van der Waals surface area (Å²) in [6.07, 6.45) is 1.33. The predicted octanol–water partition coefficient (Wildman–Crippen LogP) is 2.91. The molecule has 0 saturated carbocycles. The SMILES string of the molecule is CC.CC.Cc1nc(C#N)co1.